The van der Waals surface area contributed by atoms with E-state index in [4.69, 9.17) is 15.8 Å². The van der Waals surface area contributed by atoms with Gasteiger partial charge >= 0.3 is 5.97 Å². The van der Waals surface area contributed by atoms with E-state index in [1.165, 1.54) is 0 Å². The third-order valence-corrected chi connectivity index (χ3v) is 2.01. The Kier molecular flexibility index (Phi) is 4.30. The maximum atomic E-state index is 11.2. The second-order valence-corrected chi connectivity index (χ2v) is 3.12. The molecule has 3 N–H and O–H groups in total. The number of rotatable bonds is 4. The molecule has 0 aliphatic rings. The van der Waals surface area contributed by atoms with Gasteiger partial charge in [-0.1, -0.05) is 6.07 Å². The molecule has 0 unspecified atom stereocenters. The quantitative estimate of drug-likeness (QED) is 0.447. The van der Waals surface area contributed by atoms with Crippen LogP contribution in [0.5, 0.6) is 0 Å². The van der Waals surface area contributed by atoms with E-state index < -0.39 is 0 Å². The van der Waals surface area contributed by atoms with Crippen LogP contribution < -0.4 is 11.3 Å². The van der Waals surface area contributed by atoms with Gasteiger partial charge in [0.15, 0.2) is 0 Å². The number of carbonyl (C=O) groups is 1. The average Bonchev–Trinajstić information content (AvgIpc) is 2.29. The molecular formula is C11H13N3O2. The number of nitrogen functional groups attached to an aromatic ring is 1. The first-order valence-corrected chi connectivity index (χ1v) is 4.86. The number of anilines is 1. The number of esters is 1. The molecule has 0 bridgehead atoms. The number of nitrogens with two attached hydrogens (primary N) is 1. The number of nitriles is 1. The Hall–Kier alpha value is -2.06. The fourth-order valence-electron chi connectivity index (χ4n) is 1.30. The van der Waals surface area contributed by atoms with Crippen molar-refractivity contribution in [2.45, 2.75) is 13.3 Å². The minimum absolute atomic E-state index is 0.160. The number of carbonyl (C=O) groups excluding carboxylic acids is 1. The topological polar surface area (TPSA) is 88.1 Å². The molecular weight excluding hydrogens is 206 g/mol. The summed E-state index contributed by atoms with van der Waals surface area (Å²) in [6, 6.07) is 7.00. The normalized spacial score (nSPS) is 9.31. The average molecular weight is 219 g/mol. The second kappa shape index (κ2) is 5.73. The van der Waals surface area contributed by atoms with Gasteiger partial charge < -0.3 is 10.2 Å². The van der Waals surface area contributed by atoms with Crippen LogP contribution in [0.2, 0.25) is 0 Å². The van der Waals surface area contributed by atoms with Crippen LogP contribution in [0.1, 0.15) is 18.1 Å². The zero-order chi connectivity index (χ0) is 12.0. The largest absolute Gasteiger partial charge is 0.466 e. The highest BCUT2D eigenvalue weighted by molar-refractivity contribution is 5.73. The maximum absolute atomic E-state index is 11.2. The van der Waals surface area contributed by atoms with Crippen molar-refractivity contribution in [3.63, 3.8) is 0 Å². The lowest BCUT2D eigenvalue weighted by atomic mass is 10.1. The van der Waals surface area contributed by atoms with E-state index >= 15 is 0 Å². The van der Waals surface area contributed by atoms with E-state index in [-0.39, 0.29) is 12.4 Å². The van der Waals surface area contributed by atoms with Gasteiger partial charge in [0.2, 0.25) is 0 Å². The van der Waals surface area contributed by atoms with Gasteiger partial charge in [-0.15, -0.1) is 0 Å². The molecule has 0 saturated carbocycles. The van der Waals surface area contributed by atoms with Crippen LogP contribution in [0.4, 0.5) is 5.69 Å². The van der Waals surface area contributed by atoms with Crippen LogP contribution in [0.15, 0.2) is 18.2 Å². The van der Waals surface area contributed by atoms with Gasteiger partial charge in [-0.2, -0.15) is 5.26 Å². The highest BCUT2D eigenvalue weighted by atomic mass is 16.5. The van der Waals surface area contributed by atoms with Crippen LogP contribution in [-0.2, 0) is 16.0 Å². The fourth-order valence-corrected chi connectivity index (χ4v) is 1.30. The lowest BCUT2D eigenvalue weighted by molar-refractivity contribution is -0.142. The van der Waals surface area contributed by atoms with Crippen LogP contribution in [-0.4, -0.2) is 12.6 Å². The molecule has 0 heterocycles. The lowest BCUT2D eigenvalue weighted by Gasteiger charge is -2.06. The molecule has 0 amide bonds. The minimum Gasteiger partial charge on any atom is -0.466 e. The van der Waals surface area contributed by atoms with Gasteiger partial charge in [-0.3, -0.25) is 10.6 Å². The Morgan fingerprint density at radius 1 is 1.62 bits per heavy atom. The molecule has 1 rings (SSSR count). The summed E-state index contributed by atoms with van der Waals surface area (Å²) in [6.07, 6.45) is 0.160. The van der Waals surface area contributed by atoms with Crippen molar-refractivity contribution in [3.05, 3.63) is 29.3 Å². The van der Waals surface area contributed by atoms with Crippen LogP contribution in [0.3, 0.4) is 0 Å². The van der Waals surface area contributed by atoms with Crippen molar-refractivity contribution >= 4 is 11.7 Å². The number of benzene rings is 1. The number of ether oxygens (including phenoxy) is 1. The molecule has 0 saturated heterocycles. The van der Waals surface area contributed by atoms with Gasteiger partial charge in [-0.25, -0.2) is 0 Å². The van der Waals surface area contributed by atoms with Crippen LogP contribution >= 0.6 is 0 Å². The highest BCUT2D eigenvalue weighted by Gasteiger charge is 2.07. The summed E-state index contributed by atoms with van der Waals surface area (Å²) in [5.74, 6) is 4.93. The molecule has 0 aliphatic heterocycles. The molecule has 5 nitrogen and oxygen atoms in total. The smallest absolute Gasteiger partial charge is 0.310 e. The minimum atomic E-state index is -0.306. The predicted octanol–water partition coefficient (Wildman–Crippen LogP) is 0.949. The van der Waals surface area contributed by atoms with Crippen molar-refractivity contribution < 1.29 is 9.53 Å². The number of hydrogen-bond donors (Lipinski definition) is 2. The number of hydrazine groups is 1. The van der Waals surface area contributed by atoms with Crippen LogP contribution in [0, 0.1) is 11.3 Å². The first-order valence-electron chi connectivity index (χ1n) is 4.86. The van der Waals surface area contributed by atoms with E-state index in [0.717, 1.165) is 5.56 Å². The highest BCUT2D eigenvalue weighted by Crippen LogP contribution is 2.16. The summed E-state index contributed by atoms with van der Waals surface area (Å²) in [5, 5.41) is 8.85. The molecule has 0 atom stereocenters. The number of nitrogens with one attached hydrogen (secondary N) is 1. The van der Waals surface area contributed by atoms with E-state index in [1.54, 1.807) is 25.1 Å². The van der Waals surface area contributed by atoms with Crippen molar-refractivity contribution in [1.82, 2.24) is 0 Å². The van der Waals surface area contributed by atoms with Crippen molar-refractivity contribution in [3.8, 4) is 6.07 Å². The molecule has 0 radical (unpaired) electrons. The maximum Gasteiger partial charge on any atom is 0.310 e. The van der Waals surface area contributed by atoms with Crippen LogP contribution in [0.25, 0.3) is 0 Å². The Morgan fingerprint density at radius 3 is 2.94 bits per heavy atom. The first kappa shape index (κ1) is 12.0. The molecule has 1 aromatic carbocycles. The van der Waals surface area contributed by atoms with Gasteiger partial charge in [0, 0.05) is 0 Å². The zero-order valence-corrected chi connectivity index (χ0v) is 8.99. The molecule has 0 fully saturated rings. The summed E-state index contributed by atoms with van der Waals surface area (Å²) in [7, 11) is 0. The standard InChI is InChI=1S/C11H13N3O2/c1-2-16-11(15)6-8-3-4-10(14-13)9(5-8)7-12/h3-5,14H,2,6,13H2,1H3. The van der Waals surface area contributed by atoms with Gasteiger partial charge in [-0.05, 0) is 24.6 Å². The predicted molar refractivity (Wildman–Crippen MR) is 59.3 cm³/mol. The second-order valence-electron chi connectivity index (χ2n) is 3.12. The van der Waals surface area contributed by atoms with Crippen molar-refractivity contribution in [2.24, 2.45) is 5.84 Å². The van der Waals surface area contributed by atoms with Gasteiger partial charge in [0.1, 0.15) is 6.07 Å². The number of nitrogens with zero attached hydrogens (tertiary/aromatic N) is 1. The Balaban J connectivity index is 2.84. The first-order chi connectivity index (χ1) is 7.71. The molecule has 0 spiro atoms. The van der Waals surface area contributed by atoms with Gasteiger partial charge in [0.25, 0.3) is 0 Å². The molecule has 0 aromatic heterocycles. The Morgan fingerprint density at radius 2 is 2.38 bits per heavy atom. The third-order valence-electron chi connectivity index (χ3n) is 2.01. The summed E-state index contributed by atoms with van der Waals surface area (Å²) in [5.41, 5.74) is 4.09. The fraction of sp³-hybridized carbons (Fsp3) is 0.273. The number of hydrogen-bond acceptors (Lipinski definition) is 5. The summed E-state index contributed by atoms with van der Waals surface area (Å²) >= 11 is 0. The molecule has 84 valence electrons. The van der Waals surface area contributed by atoms with E-state index in [9.17, 15) is 4.79 Å². The molecule has 5 heteroatoms. The van der Waals surface area contributed by atoms with E-state index in [0.29, 0.717) is 17.9 Å². The lowest BCUT2D eigenvalue weighted by Crippen LogP contribution is -2.10. The SMILES string of the molecule is CCOC(=O)Cc1ccc(NN)c(C#N)c1. The monoisotopic (exact) mass is 219 g/mol. The van der Waals surface area contributed by atoms with Crippen molar-refractivity contribution in [2.75, 3.05) is 12.0 Å². The summed E-state index contributed by atoms with van der Waals surface area (Å²) < 4.78 is 4.81. The van der Waals surface area contributed by atoms with Gasteiger partial charge in [0.05, 0.1) is 24.3 Å². The Labute approximate surface area is 93.8 Å². The zero-order valence-electron chi connectivity index (χ0n) is 8.99. The molecule has 0 aliphatic carbocycles. The summed E-state index contributed by atoms with van der Waals surface area (Å²) in [4.78, 5) is 11.2. The Bertz CT molecular complexity index is 424. The summed E-state index contributed by atoms with van der Waals surface area (Å²) in [6.45, 7) is 2.10. The molecule has 1 aromatic rings. The van der Waals surface area contributed by atoms with E-state index in [2.05, 4.69) is 5.43 Å². The van der Waals surface area contributed by atoms with Crippen molar-refractivity contribution in [1.29, 1.82) is 5.26 Å². The molecule has 16 heavy (non-hydrogen) atoms. The third kappa shape index (κ3) is 2.97. The van der Waals surface area contributed by atoms with E-state index in [1.807, 2.05) is 6.07 Å².